The van der Waals surface area contributed by atoms with Crippen LogP contribution < -0.4 is 10.0 Å². The number of anilines is 2. The molecule has 0 atom stereocenters. The van der Waals surface area contributed by atoms with Crippen LogP contribution in [0.4, 0.5) is 11.4 Å². The van der Waals surface area contributed by atoms with Crippen molar-refractivity contribution in [3.63, 3.8) is 0 Å². The molecule has 0 aliphatic rings. The van der Waals surface area contributed by atoms with Gasteiger partial charge in [0.1, 0.15) is 0 Å². The molecule has 0 unspecified atom stereocenters. The van der Waals surface area contributed by atoms with Gasteiger partial charge in [-0.2, -0.15) is 0 Å². The highest BCUT2D eigenvalue weighted by molar-refractivity contribution is 7.92. The van der Waals surface area contributed by atoms with Gasteiger partial charge >= 0.3 is 0 Å². The average molecular weight is 466 g/mol. The number of aryl methyl sites for hydroxylation is 2. The van der Waals surface area contributed by atoms with E-state index in [0.717, 1.165) is 11.1 Å². The molecule has 0 radical (unpaired) electrons. The molecule has 3 aromatic carbocycles. The lowest BCUT2D eigenvalue weighted by molar-refractivity contribution is -0.128. The molecule has 0 saturated carbocycles. The van der Waals surface area contributed by atoms with E-state index in [1.807, 2.05) is 25.1 Å². The van der Waals surface area contributed by atoms with Gasteiger partial charge in [0, 0.05) is 37.5 Å². The Balaban J connectivity index is 1.81. The van der Waals surface area contributed by atoms with Gasteiger partial charge in [0.25, 0.3) is 15.9 Å². The van der Waals surface area contributed by atoms with Gasteiger partial charge in [0.2, 0.25) is 5.91 Å². The summed E-state index contributed by atoms with van der Waals surface area (Å²) in [7, 11) is -2.17. The molecule has 0 heterocycles. The van der Waals surface area contributed by atoms with Crippen LogP contribution in [0.25, 0.3) is 0 Å². The minimum atomic E-state index is -3.87. The highest BCUT2D eigenvalue weighted by Crippen LogP contribution is 2.21. The quantitative estimate of drug-likeness (QED) is 0.543. The van der Waals surface area contributed by atoms with E-state index in [0.29, 0.717) is 23.5 Å². The van der Waals surface area contributed by atoms with Crippen molar-refractivity contribution in [2.75, 3.05) is 17.1 Å². The van der Waals surface area contributed by atoms with Crippen LogP contribution in [0.5, 0.6) is 0 Å². The van der Waals surface area contributed by atoms with Crippen LogP contribution in [-0.2, 0) is 21.4 Å². The second kappa shape index (κ2) is 9.87. The molecular weight excluding hydrogens is 438 g/mol. The highest BCUT2D eigenvalue weighted by atomic mass is 32.2. The molecule has 0 spiro atoms. The average Bonchev–Trinajstić information content (AvgIpc) is 2.75. The molecule has 7 nitrogen and oxygen atoms in total. The molecule has 0 saturated heterocycles. The Morgan fingerprint density at radius 1 is 0.909 bits per heavy atom. The fourth-order valence-electron chi connectivity index (χ4n) is 3.18. The maximum atomic E-state index is 13.0. The van der Waals surface area contributed by atoms with E-state index in [4.69, 9.17) is 0 Å². The molecule has 2 amide bonds. The molecule has 3 aromatic rings. The molecule has 0 aliphatic carbocycles. The molecule has 2 N–H and O–H groups in total. The fourth-order valence-corrected chi connectivity index (χ4v) is 4.26. The molecule has 33 heavy (non-hydrogen) atoms. The maximum Gasteiger partial charge on any atom is 0.261 e. The monoisotopic (exact) mass is 465 g/mol. The zero-order chi connectivity index (χ0) is 24.2. The smallest absolute Gasteiger partial charge is 0.261 e. The maximum absolute atomic E-state index is 13.0. The van der Waals surface area contributed by atoms with Crippen molar-refractivity contribution >= 4 is 33.2 Å². The molecular formula is C25H27N3O4S. The summed E-state index contributed by atoms with van der Waals surface area (Å²) in [5.74, 6) is -0.478. The van der Waals surface area contributed by atoms with Crippen molar-refractivity contribution in [2.45, 2.75) is 32.2 Å². The van der Waals surface area contributed by atoms with E-state index in [1.54, 1.807) is 55.3 Å². The molecule has 172 valence electrons. The summed E-state index contributed by atoms with van der Waals surface area (Å²) >= 11 is 0. The first-order valence-electron chi connectivity index (χ1n) is 10.4. The predicted octanol–water partition coefficient (Wildman–Crippen LogP) is 4.33. The van der Waals surface area contributed by atoms with Crippen LogP contribution in [0.1, 0.15) is 34.0 Å². The third-order valence-electron chi connectivity index (χ3n) is 5.21. The van der Waals surface area contributed by atoms with Crippen molar-refractivity contribution in [3.8, 4) is 0 Å². The second-order valence-corrected chi connectivity index (χ2v) is 9.66. The van der Waals surface area contributed by atoms with Crippen LogP contribution in [0.15, 0.2) is 71.6 Å². The minimum Gasteiger partial charge on any atom is -0.342 e. The summed E-state index contributed by atoms with van der Waals surface area (Å²) in [6, 6.07) is 18.6. The van der Waals surface area contributed by atoms with E-state index in [2.05, 4.69) is 10.0 Å². The number of nitrogens with zero attached hydrogens (tertiary/aromatic N) is 1. The number of sulfonamides is 1. The van der Waals surface area contributed by atoms with Gasteiger partial charge < -0.3 is 10.2 Å². The number of carbonyl (C=O) groups excluding carboxylic acids is 2. The standard InChI is InChI=1S/C25H27N3O4S/c1-17-8-11-21(12-9-17)27-33(31,32)23-13-10-18(2)24(15-23)25(30)26-22-7-5-6-20(14-22)16-28(4)19(3)29/h5-15,27H,16H2,1-4H3,(H,26,30). The summed E-state index contributed by atoms with van der Waals surface area (Å²) in [6.45, 7) is 5.57. The molecule has 0 fully saturated rings. The van der Waals surface area contributed by atoms with E-state index in [-0.39, 0.29) is 16.4 Å². The predicted molar refractivity (Wildman–Crippen MR) is 130 cm³/mol. The fraction of sp³-hybridized carbons (Fsp3) is 0.200. The SMILES string of the molecule is CC(=O)N(C)Cc1cccc(NC(=O)c2cc(S(=O)(=O)Nc3ccc(C)cc3)ccc2C)c1. The van der Waals surface area contributed by atoms with Gasteiger partial charge in [-0.25, -0.2) is 8.42 Å². The number of amides is 2. The van der Waals surface area contributed by atoms with Crippen molar-refractivity contribution in [1.29, 1.82) is 0 Å². The van der Waals surface area contributed by atoms with Crippen LogP contribution in [0.2, 0.25) is 0 Å². The van der Waals surface area contributed by atoms with Crippen LogP contribution in [0.3, 0.4) is 0 Å². The van der Waals surface area contributed by atoms with Crippen LogP contribution in [-0.4, -0.2) is 32.2 Å². The van der Waals surface area contributed by atoms with Crippen molar-refractivity contribution < 1.29 is 18.0 Å². The zero-order valence-corrected chi connectivity index (χ0v) is 19.9. The summed E-state index contributed by atoms with van der Waals surface area (Å²) in [5, 5.41) is 2.82. The number of carbonyl (C=O) groups is 2. The Labute approximate surface area is 194 Å². The van der Waals surface area contributed by atoms with Crippen molar-refractivity contribution in [1.82, 2.24) is 4.90 Å². The van der Waals surface area contributed by atoms with Crippen LogP contribution in [0, 0.1) is 13.8 Å². The normalized spacial score (nSPS) is 11.0. The van der Waals surface area contributed by atoms with Gasteiger partial charge in [0.05, 0.1) is 4.90 Å². The van der Waals surface area contributed by atoms with Gasteiger partial charge in [-0.15, -0.1) is 0 Å². The van der Waals surface area contributed by atoms with Gasteiger partial charge in [-0.05, 0) is 61.4 Å². The Kier molecular flexibility index (Phi) is 7.18. The first-order valence-corrected chi connectivity index (χ1v) is 11.9. The van der Waals surface area contributed by atoms with Crippen LogP contribution >= 0.6 is 0 Å². The third kappa shape index (κ3) is 6.20. The Morgan fingerprint density at radius 2 is 1.61 bits per heavy atom. The van der Waals surface area contributed by atoms with E-state index >= 15 is 0 Å². The lowest BCUT2D eigenvalue weighted by atomic mass is 10.1. The summed E-state index contributed by atoms with van der Waals surface area (Å²) < 4.78 is 28.3. The van der Waals surface area contributed by atoms with Gasteiger partial charge in [0.15, 0.2) is 0 Å². The number of nitrogens with one attached hydrogen (secondary N) is 2. The lowest BCUT2D eigenvalue weighted by Crippen LogP contribution is -2.23. The topological polar surface area (TPSA) is 95.6 Å². The number of rotatable bonds is 7. The van der Waals surface area contributed by atoms with Crippen molar-refractivity contribution in [3.05, 3.63) is 89.0 Å². The second-order valence-electron chi connectivity index (χ2n) is 7.98. The molecule has 3 rings (SSSR count). The number of hydrogen-bond acceptors (Lipinski definition) is 4. The summed E-state index contributed by atoms with van der Waals surface area (Å²) in [5.41, 5.74) is 3.78. The Hall–Kier alpha value is -3.65. The molecule has 0 bridgehead atoms. The van der Waals surface area contributed by atoms with Gasteiger partial charge in [-0.3, -0.25) is 14.3 Å². The van der Waals surface area contributed by atoms with Gasteiger partial charge in [-0.1, -0.05) is 35.9 Å². The molecule has 0 aromatic heterocycles. The highest BCUT2D eigenvalue weighted by Gasteiger charge is 2.19. The third-order valence-corrected chi connectivity index (χ3v) is 6.59. The minimum absolute atomic E-state index is 0.00402. The zero-order valence-electron chi connectivity index (χ0n) is 19.0. The first-order chi connectivity index (χ1) is 15.5. The Bertz CT molecular complexity index is 1290. The number of hydrogen-bond donors (Lipinski definition) is 2. The summed E-state index contributed by atoms with van der Waals surface area (Å²) in [4.78, 5) is 26.0. The van der Waals surface area contributed by atoms with E-state index < -0.39 is 15.9 Å². The molecule has 8 heteroatoms. The first kappa shape index (κ1) is 24.0. The number of benzene rings is 3. The van der Waals surface area contributed by atoms with E-state index in [1.165, 1.54) is 19.1 Å². The summed E-state index contributed by atoms with van der Waals surface area (Å²) in [6.07, 6.45) is 0. The van der Waals surface area contributed by atoms with E-state index in [9.17, 15) is 18.0 Å². The Morgan fingerprint density at radius 3 is 2.27 bits per heavy atom. The van der Waals surface area contributed by atoms with Crippen molar-refractivity contribution in [2.24, 2.45) is 0 Å². The lowest BCUT2D eigenvalue weighted by Gasteiger charge is -2.16. The largest absolute Gasteiger partial charge is 0.342 e. The molecule has 0 aliphatic heterocycles.